The van der Waals surface area contributed by atoms with Crippen molar-refractivity contribution in [3.05, 3.63) is 102 Å². The van der Waals surface area contributed by atoms with Crippen LogP contribution in [-0.4, -0.2) is 27.5 Å². The van der Waals surface area contributed by atoms with Crippen molar-refractivity contribution in [2.75, 3.05) is 6.54 Å². The van der Waals surface area contributed by atoms with Gasteiger partial charge in [-0.1, -0.05) is 86.6 Å². The van der Waals surface area contributed by atoms with Crippen molar-refractivity contribution in [1.29, 1.82) is 0 Å². The van der Waals surface area contributed by atoms with Gasteiger partial charge < -0.3 is 15.4 Å². The van der Waals surface area contributed by atoms with Crippen molar-refractivity contribution >= 4 is 27.7 Å². The third kappa shape index (κ3) is 4.18. The zero-order valence-electron chi connectivity index (χ0n) is 19.2. The van der Waals surface area contributed by atoms with Crippen LogP contribution in [0.2, 0.25) is 0 Å². The van der Waals surface area contributed by atoms with E-state index in [0.717, 1.165) is 38.6 Å². The number of aromatic nitrogens is 2. The van der Waals surface area contributed by atoms with E-state index in [1.807, 2.05) is 60.7 Å². The van der Waals surface area contributed by atoms with Gasteiger partial charge in [-0.25, -0.2) is 4.98 Å². The van der Waals surface area contributed by atoms with Gasteiger partial charge in [-0.05, 0) is 29.2 Å². The van der Waals surface area contributed by atoms with E-state index in [2.05, 4.69) is 48.4 Å². The number of aliphatic hydroxyl groups is 1. The van der Waals surface area contributed by atoms with Crippen molar-refractivity contribution in [1.82, 2.24) is 15.3 Å². The highest BCUT2D eigenvalue weighted by Crippen LogP contribution is 2.33. The molecule has 0 aliphatic heterocycles. The van der Waals surface area contributed by atoms with Crippen molar-refractivity contribution in [2.24, 2.45) is 0 Å². The predicted molar refractivity (Wildman–Crippen MR) is 137 cm³/mol. The molecule has 3 N–H and O–H groups in total. The maximum atomic E-state index is 13.1. The summed E-state index contributed by atoms with van der Waals surface area (Å²) < 4.78 is 0. The Morgan fingerprint density at radius 3 is 2.35 bits per heavy atom. The van der Waals surface area contributed by atoms with Gasteiger partial charge in [0.1, 0.15) is 5.69 Å². The minimum atomic E-state index is -0.787. The minimum Gasteiger partial charge on any atom is -0.387 e. The second-order valence-corrected chi connectivity index (χ2v) is 8.86. The number of hydrogen-bond acceptors (Lipinski definition) is 3. The van der Waals surface area contributed by atoms with Crippen molar-refractivity contribution in [2.45, 2.75) is 25.9 Å². The molecule has 3 aromatic carbocycles. The standard InChI is InChI=1S/C29H27N3O2/c1-18(2)19-12-14-21(15-13-19)27-28-23(22-10-6-7-11-24(22)31-28)16-25(32-27)29(34)30-17-26(33)20-8-4-3-5-9-20/h3-16,18,26,31,33H,17H2,1-2H3,(H,30,34). The quantitative estimate of drug-likeness (QED) is 0.299. The molecular formula is C29H27N3O2. The Labute approximate surface area is 198 Å². The first-order valence-electron chi connectivity index (χ1n) is 11.5. The lowest BCUT2D eigenvalue weighted by Gasteiger charge is -2.13. The van der Waals surface area contributed by atoms with Crippen LogP contribution in [0.4, 0.5) is 0 Å². The van der Waals surface area contributed by atoms with Crippen LogP contribution in [0.1, 0.15) is 47.5 Å². The summed E-state index contributed by atoms with van der Waals surface area (Å²) in [5.41, 5.74) is 5.91. The number of aliphatic hydroxyl groups excluding tert-OH is 1. The molecule has 1 unspecified atom stereocenters. The smallest absolute Gasteiger partial charge is 0.270 e. The number of fused-ring (bicyclic) bond motifs is 3. The first kappa shape index (κ1) is 21.9. The lowest BCUT2D eigenvalue weighted by molar-refractivity contribution is 0.0911. The number of nitrogens with zero attached hydrogens (tertiary/aromatic N) is 1. The van der Waals surface area contributed by atoms with Crippen LogP contribution < -0.4 is 5.32 Å². The third-order valence-electron chi connectivity index (χ3n) is 6.22. The van der Waals surface area contributed by atoms with Gasteiger partial charge in [0, 0.05) is 28.4 Å². The SMILES string of the molecule is CC(C)c1ccc(-c2nc(C(=O)NCC(O)c3ccccc3)cc3c2[nH]c2ccccc23)cc1. The van der Waals surface area contributed by atoms with Gasteiger partial charge in [0.2, 0.25) is 0 Å². The van der Waals surface area contributed by atoms with Crippen molar-refractivity contribution in [3.63, 3.8) is 0 Å². The zero-order valence-corrected chi connectivity index (χ0v) is 19.2. The second-order valence-electron chi connectivity index (χ2n) is 8.86. The Hall–Kier alpha value is -3.96. The van der Waals surface area contributed by atoms with Crippen LogP contribution in [0.25, 0.3) is 33.1 Å². The molecule has 0 radical (unpaired) electrons. The fourth-order valence-electron chi connectivity index (χ4n) is 4.27. The van der Waals surface area contributed by atoms with E-state index in [0.29, 0.717) is 11.6 Å². The molecule has 34 heavy (non-hydrogen) atoms. The van der Waals surface area contributed by atoms with Gasteiger partial charge in [-0.2, -0.15) is 0 Å². The molecule has 5 nitrogen and oxygen atoms in total. The van der Waals surface area contributed by atoms with E-state index < -0.39 is 6.10 Å². The molecule has 5 aromatic rings. The van der Waals surface area contributed by atoms with Crippen LogP contribution >= 0.6 is 0 Å². The Morgan fingerprint density at radius 1 is 0.912 bits per heavy atom. The largest absolute Gasteiger partial charge is 0.387 e. The number of carbonyl (C=O) groups is 1. The fraction of sp³-hybridized carbons (Fsp3) is 0.172. The summed E-state index contributed by atoms with van der Waals surface area (Å²) in [7, 11) is 0. The van der Waals surface area contributed by atoms with Crippen LogP contribution in [0.5, 0.6) is 0 Å². The number of rotatable bonds is 6. The number of hydrogen-bond donors (Lipinski definition) is 3. The highest BCUT2D eigenvalue weighted by atomic mass is 16.3. The summed E-state index contributed by atoms with van der Waals surface area (Å²) >= 11 is 0. The number of benzene rings is 3. The number of nitrogens with one attached hydrogen (secondary N) is 2. The van der Waals surface area contributed by atoms with Gasteiger partial charge >= 0.3 is 0 Å². The molecule has 0 aliphatic rings. The van der Waals surface area contributed by atoms with Crippen LogP contribution in [-0.2, 0) is 0 Å². The molecule has 1 amide bonds. The number of para-hydroxylation sites is 1. The molecule has 0 aliphatic carbocycles. The molecule has 5 rings (SSSR count). The van der Waals surface area contributed by atoms with Crippen LogP contribution in [0.3, 0.4) is 0 Å². The van der Waals surface area contributed by atoms with E-state index >= 15 is 0 Å². The topological polar surface area (TPSA) is 78.0 Å². The van der Waals surface area contributed by atoms with Gasteiger partial charge in [0.05, 0.1) is 17.3 Å². The zero-order chi connectivity index (χ0) is 23.7. The summed E-state index contributed by atoms with van der Waals surface area (Å²) in [5.74, 6) is 0.116. The maximum absolute atomic E-state index is 13.1. The lowest BCUT2D eigenvalue weighted by Crippen LogP contribution is -2.29. The van der Waals surface area contributed by atoms with E-state index in [1.54, 1.807) is 0 Å². The molecule has 5 heteroatoms. The van der Waals surface area contributed by atoms with Crippen molar-refractivity contribution in [3.8, 4) is 11.3 Å². The lowest BCUT2D eigenvalue weighted by atomic mass is 9.99. The molecule has 0 saturated heterocycles. The fourth-order valence-corrected chi connectivity index (χ4v) is 4.27. The van der Waals surface area contributed by atoms with Crippen LogP contribution in [0, 0.1) is 0 Å². The summed E-state index contributed by atoms with van der Waals surface area (Å²) in [5, 5.41) is 15.3. The highest BCUT2D eigenvalue weighted by molar-refractivity contribution is 6.13. The monoisotopic (exact) mass is 449 g/mol. The summed E-state index contributed by atoms with van der Waals surface area (Å²) in [6, 6.07) is 27.5. The summed E-state index contributed by atoms with van der Waals surface area (Å²) in [6.07, 6.45) is -0.787. The molecular weight excluding hydrogens is 422 g/mol. The normalized spacial score (nSPS) is 12.4. The second kappa shape index (κ2) is 9.12. The van der Waals surface area contributed by atoms with Gasteiger partial charge in [-0.3, -0.25) is 4.79 Å². The molecule has 0 spiro atoms. The number of pyridine rings is 1. The average molecular weight is 450 g/mol. The minimum absolute atomic E-state index is 0.106. The van der Waals surface area contributed by atoms with E-state index in [1.165, 1.54) is 5.56 Å². The van der Waals surface area contributed by atoms with E-state index in [-0.39, 0.29) is 12.5 Å². The van der Waals surface area contributed by atoms with Crippen molar-refractivity contribution < 1.29 is 9.90 Å². The average Bonchev–Trinajstić information content (AvgIpc) is 3.26. The Balaban J connectivity index is 1.54. The number of aromatic amines is 1. The highest BCUT2D eigenvalue weighted by Gasteiger charge is 2.18. The number of carbonyl (C=O) groups excluding carboxylic acids is 1. The molecule has 2 aromatic heterocycles. The Morgan fingerprint density at radius 2 is 1.62 bits per heavy atom. The Kier molecular flexibility index (Phi) is 5.86. The molecule has 2 heterocycles. The summed E-state index contributed by atoms with van der Waals surface area (Å²) in [6.45, 7) is 4.44. The van der Waals surface area contributed by atoms with E-state index in [4.69, 9.17) is 4.98 Å². The predicted octanol–water partition coefficient (Wildman–Crippen LogP) is 5.97. The van der Waals surface area contributed by atoms with Crippen LogP contribution in [0.15, 0.2) is 84.9 Å². The molecule has 170 valence electrons. The summed E-state index contributed by atoms with van der Waals surface area (Å²) in [4.78, 5) is 21.4. The van der Waals surface area contributed by atoms with Gasteiger partial charge in [0.25, 0.3) is 5.91 Å². The molecule has 1 atom stereocenters. The maximum Gasteiger partial charge on any atom is 0.270 e. The third-order valence-corrected chi connectivity index (χ3v) is 6.22. The molecule has 0 saturated carbocycles. The molecule has 0 fully saturated rings. The Bertz CT molecular complexity index is 1450. The van der Waals surface area contributed by atoms with E-state index in [9.17, 15) is 9.90 Å². The molecule has 0 bridgehead atoms. The number of H-pyrrole nitrogens is 1. The first-order chi connectivity index (χ1) is 16.5. The van der Waals surface area contributed by atoms with Gasteiger partial charge in [-0.15, -0.1) is 0 Å². The number of amides is 1. The first-order valence-corrected chi connectivity index (χ1v) is 11.5. The van der Waals surface area contributed by atoms with Gasteiger partial charge in [0.15, 0.2) is 0 Å².